The minimum Gasteiger partial charge on any atom is -0.370 e. The highest BCUT2D eigenvalue weighted by atomic mass is 127. The van der Waals surface area contributed by atoms with Gasteiger partial charge in [0.2, 0.25) is 11.7 Å². The second-order valence-electron chi connectivity index (χ2n) is 4.80. The third-order valence-corrected chi connectivity index (χ3v) is 4.20. The molecule has 124 valence electrons. The molecule has 2 heterocycles. The van der Waals surface area contributed by atoms with E-state index in [1.54, 1.807) is 12.1 Å². The number of hydrogen-bond acceptors (Lipinski definition) is 5. The lowest BCUT2D eigenvalue weighted by Gasteiger charge is -2.26. The van der Waals surface area contributed by atoms with Crippen molar-refractivity contribution in [3.63, 3.8) is 0 Å². The number of hydrogen-bond donors (Lipinski definition) is 1. The molecule has 1 aromatic heterocycles. The van der Waals surface area contributed by atoms with E-state index in [1.165, 1.54) is 12.1 Å². The van der Waals surface area contributed by atoms with Crippen molar-refractivity contribution in [1.82, 2.24) is 15.0 Å². The minimum atomic E-state index is -0.339. The van der Waals surface area contributed by atoms with Crippen LogP contribution in [0.25, 0.3) is 11.4 Å². The van der Waals surface area contributed by atoms with Crippen LogP contribution in [0.1, 0.15) is 5.89 Å². The van der Waals surface area contributed by atoms with Crippen molar-refractivity contribution in [2.24, 2.45) is 10.7 Å². The SMILES string of the molecule is I.NC(=NCc1nc(-c2cccc(F)c2)no1)N1CCSCC1. The van der Waals surface area contributed by atoms with Crippen LogP contribution in [-0.2, 0) is 6.54 Å². The molecule has 0 spiro atoms. The summed E-state index contributed by atoms with van der Waals surface area (Å²) < 4.78 is 18.3. The van der Waals surface area contributed by atoms with Gasteiger partial charge in [-0.25, -0.2) is 9.38 Å². The highest BCUT2D eigenvalue weighted by molar-refractivity contribution is 14.0. The maximum absolute atomic E-state index is 13.2. The standard InChI is InChI=1S/C14H16FN5OS.HI/c15-11-3-1-2-10(8-11)13-18-12(21-19-13)9-17-14(16)20-4-6-22-7-5-20;/h1-3,8H,4-7,9H2,(H2,16,17);1H. The summed E-state index contributed by atoms with van der Waals surface area (Å²) in [6, 6.07) is 6.05. The number of thioether (sulfide) groups is 1. The Morgan fingerprint density at radius 3 is 2.91 bits per heavy atom. The van der Waals surface area contributed by atoms with Crippen LogP contribution < -0.4 is 5.73 Å². The summed E-state index contributed by atoms with van der Waals surface area (Å²) in [5.74, 6) is 2.96. The van der Waals surface area contributed by atoms with Crippen molar-refractivity contribution in [2.45, 2.75) is 6.54 Å². The molecule has 0 amide bonds. The molecule has 6 nitrogen and oxygen atoms in total. The zero-order valence-electron chi connectivity index (χ0n) is 12.3. The molecule has 1 saturated heterocycles. The molecule has 0 saturated carbocycles. The molecular formula is C14H17FIN5OS. The molecule has 2 aromatic rings. The second kappa shape index (κ2) is 8.48. The van der Waals surface area contributed by atoms with Crippen LogP contribution in [0.4, 0.5) is 4.39 Å². The third-order valence-electron chi connectivity index (χ3n) is 3.26. The Morgan fingerprint density at radius 2 is 2.17 bits per heavy atom. The van der Waals surface area contributed by atoms with Gasteiger partial charge in [-0.1, -0.05) is 17.3 Å². The van der Waals surface area contributed by atoms with Gasteiger partial charge in [0.25, 0.3) is 0 Å². The van der Waals surface area contributed by atoms with Crippen LogP contribution in [0.5, 0.6) is 0 Å². The first-order valence-corrected chi connectivity index (χ1v) is 8.09. The van der Waals surface area contributed by atoms with E-state index in [-0.39, 0.29) is 36.3 Å². The predicted octanol–water partition coefficient (Wildman–Crippen LogP) is 2.36. The molecule has 9 heteroatoms. The van der Waals surface area contributed by atoms with Crippen LogP contribution in [0, 0.1) is 5.82 Å². The van der Waals surface area contributed by atoms with E-state index in [2.05, 4.69) is 15.1 Å². The van der Waals surface area contributed by atoms with Crippen LogP contribution in [0.3, 0.4) is 0 Å². The first-order valence-electron chi connectivity index (χ1n) is 6.93. The van der Waals surface area contributed by atoms with E-state index in [9.17, 15) is 4.39 Å². The quantitative estimate of drug-likeness (QED) is 0.441. The van der Waals surface area contributed by atoms with E-state index < -0.39 is 0 Å². The lowest BCUT2D eigenvalue weighted by Crippen LogP contribution is -2.42. The lowest BCUT2D eigenvalue weighted by atomic mass is 10.2. The predicted molar refractivity (Wildman–Crippen MR) is 99.3 cm³/mol. The zero-order chi connectivity index (χ0) is 15.4. The van der Waals surface area contributed by atoms with Crippen molar-refractivity contribution in [2.75, 3.05) is 24.6 Å². The summed E-state index contributed by atoms with van der Waals surface area (Å²) in [6.45, 7) is 2.02. The maximum Gasteiger partial charge on any atom is 0.248 e. The van der Waals surface area contributed by atoms with Crippen molar-refractivity contribution in [3.8, 4) is 11.4 Å². The number of nitrogens with two attached hydrogens (primary N) is 1. The van der Waals surface area contributed by atoms with E-state index >= 15 is 0 Å². The molecule has 3 rings (SSSR count). The van der Waals surface area contributed by atoms with Gasteiger partial charge in [-0.2, -0.15) is 16.7 Å². The fraction of sp³-hybridized carbons (Fsp3) is 0.357. The summed E-state index contributed by atoms with van der Waals surface area (Å²) in [4.78, 5) is 10.5. The van der Waals surface area contributed by atoms with Crippen molar-refractivity contribution >= 4 is 41.7 Å². The zero-order valence-corrected chi connectivity index (χ0v) is 15.5. The number of aliphatic imine (C=N–C) groups is 1. The van der Waals surface area contributed by atoms with E-state index in [4.69, 9.17) is 10.3 Å². The molecule has 1 fully saturated rings. The Labute approximate surface area is 154 Å². The largest absolute Gasteiger partial charge is 0.370 e. The van der Waals surface area contributed by atoms with Gasteiger partial charge >= 0.3 is 0 Å². The molecule has 23 heavy (non-hydrogen) atoms. The van der Waals surface area contributed by atoms with Gasteiger partial charge in [-0.3, -0.25) is 0 Å². The Bertz CT molecular complexity index is 675. The number of rotatable bonds is 3. The fourth-order valence-corrected chi connectivity index (χ4v) is 3.01. The van der Waals surface area contributed by atoms with E-state index in [0.29, 0.717) is 23.2 Å². The van der Waals surface area contributed by atoms with Gasteiger partial charge in [-0.05, 0) is 12.1 Å². The second-order valence-corrected chi connectivity index (χ2v) is 6.02. The molecule has 1 aromatic carbocycles. The van der Waals surface area contributed by atoms with Gasteiger partial charge in [0, 0.05) is 30.2 Å². The number of benzene rings is 1. The minimum absolute atomic E-state index is 0. The third kappa shape index (κ3) is 4.80. The summed E-state index contributed by atoms with van der Waals surface area (Å²) >= 11 is 1.91. The summed E-state index contributed by atoms with van der Waals surface area (Å²) in [7, 11) is 0. The van der Waals surface area contributed by atoms with Crippen molar-refractivity contribution < 1.29 is 8.91 Å². The molecule has 0 radical (unpaired) electrons. The molecule has 0 atom stereocenters. The first-order chi connectivity index (χ1) is 10.7. The van der Waals surface area contributed by atoms with Crippen LogP contribution in [0.15, 0.2) is 33.8 Å². The molecule has 0 aliphatic carbocycles. The first kappa shape index (κ1) is 18.0. The molecule has 0 unspecified atom stereocenters. The van der Waals surface area contributed by atoms with Crippen LogP contribution >= 0.6 is 35.7 Å². The van der Waals surface area contributed by atoms with Gasteiger partial charge in [-0.15, -0.1) is 24.0 Å². The molecule has 0 bridgehead atoms. The van der Waals surface area contributed by atoms with Crippen molar-refractivity contribution in [3.05, 3.63) is 36.0 Å². The van der Waals surface area contributed by atoms with E-state index in [0.717, 1.165) is 24.6 Å². The van der Waals surface area contributed by atoms with Gasteiger partial charge in [0.1, 0.15) is 12.4 Å². The number of guanidine groups is 1. The van der Waals surface area contributed by atoms with Crippen LogP contribution in [-0.4, -0.2) is 45.6 Å². The van der Waals surface area contributed by atoms with E-state index in [1.807, 2.05) is 16.7 Å². The smallest absolute Gasteiger partial charge is 0.248 e. The number of aromatic nitrogens is 2. The van der Waals surface area contributed by atoms with Crippen LogP contribution in [0.2, 0.25) is 0 Å². The Kier molecular flexibility index (Phi) is 6.63. The van der Waals surface area contributed by atoms with Crippen molar-refractivity contribution in [1.29, 1.82) is 0 Å². The molecular weight excluding hydrogens is 432 g/mol. The molecule has 1 aliphatic rings. The highest BCUT2D eigenvalue weighted by Gasteiger charge is 2.13. The normalized spacial score (nSPS) is 15.3. The summed E-state index contributed by atoms with van der Waals surface area (Å²) in [5, 5.41) is 3.84. The molecule has 2 N–H and O–H groups in total. The lowest BCUT2D eigenvalue weighted by molar-refractivity contribution is 0.379. The highest BCUT2D eigenvalue weighted by Crippen LogP contribution is 2.17. The fourth-order valence-electron chi connectivity index (χ4n) is 2.10. The maximum atomic E-state index is 13.2. The summed E-state index contributed by atoms with van der Waals surface area (Å²) in [6.07, 6.45) is 0. The van der Waals surface area contributed by atoms with Gasteiger partial charge in [0.05, 0.1) is 0 Å². The van der Waals surface area contributed by atoms with Gasteiger partial charge < -0.3 is 15.2 Å². The monoisotopic (exact) mass is 449 g/mol. The average molecular weight is 449 g/mol. The number of halogens is 2. The number of nitrogens with zero attached hydrogens (tertiary/aromatic N) is 4. The summed E-state index contributed by atoms with van der Waals surface area (Å²) in [5.41, 5.74) is 6.53. The topological polar surface area (TPSA) is 80.5 Å². The average Bonchev–Trinajstić information content (AvgIpc) is 3.02. The Balaban J connectivity index is 0.00000192. The molecule has 1 aliphatic heterocycles. The Morgan fingerprint density at radius 1 is 1.39 bits per heavy atom. The Hall–Kier alpha value is -1.36. The van der Waals surface area contributed by atoms with Gasteiger partial charge in [0.15, 0.2) is 5.96 Å².